The molecule has 112 valence electrons. The molecule has 1 unspecified atom stereocenters. The van der Waals surface area contributed by atoms with Crippen LogP contribution in [0.25, 0.3) is 0 Å². The first-order chi connectivity index (χ1) is 9.60. The first kappa shape index (κ1) is 15.5. The van der Waals surface area contributed by atoms with Gasteiger partial charge in [-0.3, -0.25) is 0 Å². The second-order valence-electron chi connectivity index (χ2n) is 6.11. The fourth-order valence-corrected chi connectivity index (χ4v) is 2.77. The van der Waals surface area contributed by atoms with Crippen LogP contribution < -0.4 is 5.32 Å². The van der Waals surface area contributed by atoms with Gasteiger partial charge in [0.2, 0.25) is 0 Å². The number of rotatable bonds is 7. The molecule has 0 spiro atoms. The van der Waals surface area contributed by atoms with Crippen molar-refractivity contribution >= 4 is 0 Å². The first-order valence-corrected chi connectivity index (χ1v) is 7.79. The van der Waals surface area contributed by atoms with Gasteiger partial charge in [0.25, 0.3) is 0 Å². The number of nitrogens with zero attached hydrogens (tertiary/aromatic N) is 1. The third-order valence-electron chi connectivity index (χ3n) is 4.72. The molecule has 1 atom stereocenters. The molecule has 2 nitrogen and oxygen atoms in total. The summed E-state index contributed by atoms with van der Waals surface area (Å²) < 4.78 is 12.9. The zero-order valence-corrected chi connectivity index (χ0v) is 12.9. The van der Waals surface area contributed by atoms with Crippen LogP contribution in [0.15, 0.2) is 24.3 Å². The SMILES string of the molecule is CCC(C)N(C)CCNC1CC(c2ccc(F)cc2)C1. The lowest BCUT2D eigenvalue weighted by Gasteiger charge is -2.37. The summed E-state index contributed by atoms with van der Waals surface area (Å²) in [6.45, 7) is 6.66. The lowest BCUT2D eigenvalue weighted by Crippen LogP contribution is -2.44. The van der Waals surface area contributed by atoms with E-state index in [0.717, 1.165) is 13.1 Å². The van der Waals surface area contributed by atoms with Gasteiger partial charge in [0.05, 0.1) is 0 Å². The molecular weight excluding hydrogens is 251 g/mol. The van der Waals surface area contributed by atoms with Crippen molar-refractivity contribution in [1.82, 2.24) is 10.2 Å². The van der Waals surface area contributed by atoms with Crippen molar-refractivity contribution in [2.75, 3.05) is 20.1 Å². The lowest BCUT2D eigenvalue weighted by atomic mass is 9.76. The molecule has 0 aliphatic heterocycles. The zero-order chi connectivity index (χ0) is 14.5. The van der Waals surface area contributed by atoms with E-state index in [2.05, 4.69) is 31.1 Å². The molecular formula is C17H27FN2. The van der Waals surface area contributed by atoms with Gasteiger partial charge in [0.1, 0.15) is 5.82 Å². The monoisotopic (exact) mass is 278 g/mol. The van der Waals surface area contributed by atoms with Crippen LogP contribution >= 0.6 is 0 Å². The number of hydrogen-bond donors (Lipinski definition) is 1. The van der Waals surface area contributed by atoms with Crippen molar-refractivity contribution in [2.45, 2.75) is 51.1 Å². The van der Waals surface area contributed by atoms with Crippen molar-refractivity contribution in [3.63, 3.8) is 0 Å². The predicted octanol–water partition coefficient (Wildman–Crippen LogP) is 3.39. The van der Waals surface area contributed by atoms with Crippen LogP contribution in [0.4, 0.5) is 4.39 Å². The minimum Gasteiger partial charge on any atom is -0.313 e. The number of nitrogens with one attached hydrogen (secondary N) is 1. The third-order valence-corrected chi connectivity index (χ3v) is 4.72. The molecule has 0 amide bonds. The maximum atomic E-state index is 12.9. The van der Waals surface area contributed by atoms with Gasteiger partial charge in [-0.05, 0) is 56.8 Å². The first-order valence-electron chi connectivity index (χ1n) is 7.79. The van der Waals surface area contributed by atoms with Crippen molar-refractivity contribution in [3.8, 4) is 0 Å². The molecule has 1 aromatic rings. The lowest BCUT2D eigenvalue weighted by molar-refractivity contribution is 0.229. The number of halogens is 1. The van der Waals surface area contributed by atoms with Gasteiger partial charge in [-0.2, -0.15) is 0 Å². The topological polar surface area (TPSA) is 15.3 Å². The van der Waals surface area contributed by atoms with Crippen LogP contribution in [0.5, 0.6) is 0 Å². The van der Waals surface area contributed by atoms with Gasteiger partial charge in [0, 0.05) is 25.2 Å². The van der Waals surface area contributed by atoms with Gasteiger partial charge in [-0.15, -0.1) is 0 Å². The maximum Gasteiger partial charge on any atom is 0.123 e. The van der Waals surface area contributed by atoms with Crippen LogP contribution in [0.3, 0.4) is 0 Å². The highest BCUT2D eigenvalue weighted by Crippen LogP contribution is 2.36. The van der Waals surface area contributed by atoms with E-state index in [4.69, 9.17) is 0 Å². The Kier molecular flexibility index (Phi) is 5.55. The smallest absolute Gasteiger partial charge is 0.123 e. The van der Waals surface area contributed by atoms with E-state index in [0.29, 0.717) is 18.0 Å². The van der Waals surface area contributed by atoms with Crippen molar-refractivity contribution in [2.24, 2.45) is 0 Å². The Morgan fingerprint density at radius 2 is 1.95 bits per heavy atom. The van der Waals surface area contributed by atoms with Crippen molar-refractivity contribution in [3.05, 3.63) is 35.6 Å². The maximum absolute atomic E-state index is 12.9. The van der Waals surface area contributed by atoms with Crippen molar-refractivity contribution < 1.29 is 4.39 Å². The summed E-state index contributed by atoms with van der Waals surface area (Å²) >= 11 is 0. The Labute approximate surface area is 122 Å². The third kappa shape index (κ3) is 4.03. The fraction of sp³-hybridized carbons (Fsp3) is 0.647. The van der Waals surface area contributed by atoms with Gasteiger partial charge < -0.3 is 10.2 Å². The van der Waals surface area contributed by atoms with Gasteiger partial charge in [-0.1, -0.05) is 19.1 Å². The van der Waals surface area contributed by atoms with Crippen LogP contribution in [0.1, 0.15) is 44.6 Å². The summed E-state index contributed by atoms with van der Waals surface area (Å²) in [6.07, 6.45) is 3.56. The second-order valence-corrected chi connectivity index (χ2v) is 6.11. The highest BCUT2D eigenvalue weighted by atomic mass is 19.1. The number of hydrogen-bond acceptors (Lipinski definition) is 2. The van der Waals surface area contributed by atoms with Gasteiger partial charge in [0.15, 0.2) is 0 Å². The number of benzene rings is 1. The van der Waals surface area contributed by atoms with Gasteiger partial charge in [-0.25, -0.2) is 4.39 Å². The molecule has 1 aromatic carbocycles. The molecule has 3 heteroatoms. The molecule has 1 N–H and O–H groups in total. The predicted molar refractivity (Wildman–Crippen MR) is 82.5 cm³/mol. The largest absolute Gasteiger partial charge is 0.313 e. The van der Waals surface area contributed by atoms with Gasteiger partial charge >= 0.3 is 0 Å². The number of likely N-dealkylation sites (N-methyl/N-ethyl adjacent to an activating group) is 1. The summed E-state index contributed by atoms with van der Waals surface area (Å²) in [6, 6.07) is 8.27. The Morgan fingerprint density at radius 3 is 2.55 bits per heavy atom. The molecule has 0 saturated heterocycles. The van der Waals surface area contributed by atoms with E-state index in [1.54, 1.807) is 12.1 Å². The van der Waals surface area contributed by atoms with E-state index in [1.165, 1.54) is 24.8 Å². The fourth-order valence-electron chi connectivity index (χ4n) is 2.77. The summed E-state index contributed by atoms with van der Waals surface area (Å²) in [5.41, 5.74) is 1.28. The molecule has 0 bridgehead atoms. The molecule has 0 heterocycles. The van der Waals surface area contributed by atoms with Crippen LogP contribution in [-0.4, -0.2) is 37.1 Å². The van der Waals surface area contributed by atoms with Crippen LogP contribution in [0.2, 0.25) is 0 Å². The summed E-state index contributed by atoms with van der Waals surface area (Å²) in [7, 11) is 2.19. The Bertz CT molecular complexity index is 398. The van der Waals surface area contributed by atoms with Crippen LogP contribution in [-0.2, 0) is 0 Å². The molecule has 1 fully saturated rings. The average Bonchev–Trinajstić information content (AvgIpc) is 2.41. The minimum absolute atomic E-state index is 0.143. The molecule has 0 radical (unpaired) electrons. The van der Waals surface area contributed by atoms with E-state index in [9.17, 15) is 4.39 Å². The van der Waals surface area contributed by atoms with E-state index >= 15 is 0 Å². The Hall–Kier alpha value is -0.930. The quantitative estimate of drug-likeness (QED) is 0.822. The second kappa shape index (κ2) is 7.19. The highest BCUT2D eigenvalue weighted by molar-refractivity contribution is 5.23. The average molecular weight is 278 g/mol. The standard InChI is InChI=1S/C17H27FN2/c1-4-13(2)20(3)10-9-19-17-11-15(12-17)14-5-7-16(18)8-6-14/h5-8,13,15,17,19H,4,9-12H2,1-3H3. The molecule has 1 aliphatic carbocycles. The Balaban J connectivity index is 1.63. The summed E-state index contributed by atoms with van der Waals surface area (Å²) in [5, 5.41) is 3.62. The summed E-state index contributed by atoms with van der Waals surface area (Å²) in [5.74, 6) is 0.469. The molecule has 20 heavy (non-hydrogen) atoms. The van der Waals surface area contributed by atoms with E-state index in [-0.39, 0.29) is 5.82 Å². The molecule has 1 saturated carbocycles. The summed E-state index contributed by atoms with van der Waals surface area (Å²) in [4.78, 5) is 2.41. The van der Waals surface area contributed by atoms with E-state index < -0.39 is 0 Å². The van der Waals surface area contributed by atoms with Crippen LogP contribution in [0, 0.1) is 5.82 Å². The molecule has 0 aromatic heterocycles. The Morgan fingerprint density at radius 1 is 1.30 bits per heavy atom. The van der Waals surface area contributed by atoms with E-state index in [1.807, 2.05) is 12.1 Å². The minimum atomic E-state index is -0.143. The normalized spacial score (nSPS) is 23.6. The highest BCUT2D eigenvalue weighted by Gasteiger charge is 2.29. The zero-order valence-electron chi connectivity index (χ0n) is 12.9. The van der Waals surface area contributed by atoms with Crippen molar-refractivity contribution in [1.29, 1.82) is 0 Å². The molecule has 2 rings (SSSR count). The molecule has 1 aliphatic rings.